The number of aryl methyl sites for hydroxylation is 2. The van der Waals surface area contributed by atoms with Gasteiger partial charge in [0.1, 0.15) is 0 Å². The SMILES string of the molecule is Cc1ccc(Sc2ccccc2C2CCN(C(=O)C3CC3)CC2)c(C)c1. The molecule has 0 N–H and O–H groups in total. The quantitative estimate of drug-likeness (QED) is 0.706. The molecule has 3 heteroatoms. The Balaban J connectivity index is 1.48. The van der Waals surface area contributed by atoms with Crippen LogP contribution in [0.1, 0.15) is 48.3 Å². The van der Waals surface area contributed by atoms with E-state index < -0.39 is 0 Å². The van der Waals surface area contributed by atoms with E-state index in [1.54, 1.807) is 0 Å². The fraction of sp³-hybridized carbons (Fsp3) is 0.435. The first-order chi connectivity index (χ1) is 12.6. The number of likely N-dealkylation sites (tertiary alicyclic amines) is 1. The minimum Gasteiger partial charge on any atom is -0.342 e. The molecular weight excluding hydrogens is 338 g/mol. The zero-order valence-electron chi connectivity index (χ0n) is 15.7. The van der Waals surface area contributed by atoms with Gasteiger partial charge < -0.3 is 4.90 Å². The summed E-state index contributed by atoms with van der Waals surface area (Å²) < 4.78 is 0. The summed E-state index contributed by atoms with van der Waals surface area (Å²) in [4.78, 5) is 17.1. The number of amides is 1. The Kier molecular flexibility index (Phi) is 5.08. The smallest absolute Gasteiger partial charge is 0.225 e. The molecule has 2 aromatic rings. The first kappa shape index (κ1) is 17.7. The van der Waals surface area contributed by atoms with Crippen LogP contribution in [-0.4, -0.2) is 23.9 Å². The van der Waals surface area contributed by atoms with Crippen LogP contribution in [0.5, 0.6) is 0 Å². The molecule has 2 fully saturated rings. The van der Waals surface area contributed by atoms with E-state index in [2.05, 4.69) is 61.2 Å². The fourth-order valence-electron chi connectivity index (χ4n) is 3.94. The third-order valence-corrected chi connectivity index (χ3v) is 6.91. The van der Waals surface area contributed by atoms with E-state index in [-0.39, 0.29) is 0 Å². The predicted molar refractivity (Wildman–Crippen MR) is 108 cm³/mol. The van der Waals surface area contributed by atoms with Crippen LogP contribution in [0.25, 0.3) is 0 Å². The predicted octanol–water partition coefficient (Wildman–Crippen LogP) is 5.57. The van der Waals surface area contributed by atoms with Crippen molar-refractivity contribution in [2.45, 2.75) is 55.2 Å². The molecule has 0 unspecified atom stereocenters. The molecule has 136 valence electrons. The van der Waals surface area contributed by atoms with Gasteiger partial charge in [-0.15, -0.1) is 0 Å². The van der Waals surface area contributed by atoms with Gasteiger partial charge in [-0.3, -0.25) is 4.79 Å². The fourth-order valence-corrected chi connectivity index (χ4v) is 5.03. The lowest BCUT2D eigenvalue weighted by Gasteiger charge is -2.33. The van der Waals surface area contributed by atoms with Crippen LogP contribution in [0.3, 0.4) is 0 Å². The van der Waals surface area contributed by atoms with Crippen LogP contribution >= 0.6 is 11.8 Å². The van der Waals surface area contributed by atoms with Crippen LogP contribution in [0.2, 0.25) is 0 Å². The Bertz CT molecular complexity index is 804. The summed E-state index contributed by atoms with van der Waals surface area (Å²) >= 11 is 1.88. The number of carbonyl (C=O) groups excluding carboxylic acids is 1. The zero-order chi connectivity index (χ0) is 18.1. The highest BCUT2D eigenvalue weighted by Gasteiger charge is 2.35. The van der Waals surface area contributed by atoms with E-state index in [0.717, 1.165) is 38.8 Å². The first-order valence-electron chi connectivity index (χ1n) is 9.74. The summed E-state index contributed by atoms with van der Waals surface area (Å²) in [5.41, 5.74) is 4.11. The maximum absolute atomic E-state index is 12.3. The Morgan fingerprint density at radius 2 is 1.69 bits per heavy atom. The highest BCUT2D eigenvalue weighted by molar-refractivity contribution is 7.99. The largest absolute Gasteiger partial charge is 0.342 e. The molecule has 0 aromatic heterocycles. The summed E-state index contributed by atoms with van der Waals surface area (Å²) in [7, 11) is 0. The third-order valence-electron chi connectivity index (χ3n) is 5.64. The Morgan fingerprint density at radius 3 is 2.38 bits per heavy atom. The number of hydrogen-bond acceptors (Lipinski definition) is 2. The number of piperidine rings is 1. The van der Waals surface area contributed by atoms with E-state index in [4.69, 9.17) is 0 Å². The molecule has 0 atom stereocenters. The van der Waals surface area contributed by atoms with Crippen LogP contribution in [-0.2, 0) is 4.79 Å². The Labute approximate surface area is 161 Å². The molecular formula is C23H27NOS. The summed E-state index contributed by atoms with van der Waals surface area (Å²) in [5.74, 6) is 1.31. The first-order valence-corrected chi connectivity index (χ1v) is 10.6. The molecule has 1 saturated carbocycles. The number of nitrogens with zero attached hydrogens (tertiary/aromatic N) is 1. The molecule has 1 amide bonds. The number of hydrogen-bond donors (Lipinski definition) is 0. The average molecular weight is 366 g/mol. The van der Waals surface area contributed by atoms with Gasteiger partial charge in [0, 0.05) is 28.8 Å². The van der Waals surface area contributed by atoms with Gasteiger partial charge in [-0.25, -0.2) is 0 Å². The van der Waals surface area contributed by atoms with Crippen molar-refractivity contribution in [3.63, 3.8) is 0 Å². The molecule has 2 nitrogen and oxygen atoms in total. The van der Waals surface area contributed by atoms with Gasteiger partial charge in [-0.2, -0.15) is 0 Å². The minimum absolute atomic E-state index is 0.346. The van der Waals surface area contributed by atoms with Crippen LogP contribution in [0.15, 0.2) is 52.3 Å². The second-order valence-corrected chi connectivity index (χ2v) is 8.87. The lowest BCUT2D eigenvalue weighted by Crippen LogP contribution is -2.38. The van der Waals surface area contributed by atoms with Crippen molar-refractivity contribution in [3.05, 3.63) is 59.2 Å². The summed E-state index contributed by atoms with van der Waals surface area (Å²) in [6.07, 6.45) is 4.38. The second kappa shape index (κ2) is 7.48. The van der Waals surface area contributed by atoms with E-state index in [9.17, 15) is 4.79 Å². The van der Waals surface area contributed by atoms with E-state index >= 15 is 0 Å². The van der Waals surface area contributed by atoms with E-state index in [0.29, 0.717) is 17.7 Å². The topological polar surface area (TPSA) is 20.3 Å². The maximum Gasteiger partial charge on any atom is 0.225 e. The van der Waals surface area contributed by atoms with Crippen molar-refractivity contribution in [3.8, 4) is 0 Å². The number of benzene rings is 2. The van der Waals surface area contributed by atoms with E-state index in [1.165, 1.54) is 26.5 Å². The molecule has 1 aliphatic heterocycles. The molecule has 0 radical (unpaired) electrons. The van der Waals surface area contributed by atoms with Crippen LogP contribution < -0.4 is 0 Å². The van der Waals surface area contributed by atoms with Gasteiger partial charge in [0.2, 0.25) is 5.91 Å². The average Bonchev–Trinajstić information content (AvgIpc) is 3.49. The Hall–Kier alpha value is -1.74. The molecule has 0 bridgehead atoms. The lowest BCUT2D eigenvalue weighted by atomic mass is 9.89. The molecule has 1 aliphatic carbocycles. The summed E-state index contributed by atoms with van der Waals surface area (Å²) in [6, 6.07) is 15.5. The van der Waals surface area contributed by atoms with Crippen LogP contribution in [0.4, 0.5) is 0 Å². The van der Waals surface area contributed by atoms with Crippen molar-refractivity contribution < 1.29 is 4.79 Å². The molecule has 2 aromatic carbocycles. The summed E-state index contributed by atoms with van der Waals surface area (Å²) in [6.45, 7) is 6.18. The summed E-state index contributed by atoms with van der Waals surface area (Å²) in [5, 5.41) is 0. The van der Waals surface area contributed by atoms with Gasteiger partial charge in [0.15, 0.2) is 0 Å². The van der Waals surface area contributed by atoms with Gasteiger partial charge >= 0.3 is 0 Å². The van der Waals surface area contributed by atoms with Gasteiger partial charge in [-0.1, -0.05) is 47.7 Å². The molecule has 1 saturated heterocycles. The number of rotatable bonds is 4. The highest BCUT2D eigenvalue weighted by atomic mass is 32.2. The van der Waals surface area contributed by atoms with Gasteiger partial charge in [0.25, 0.3) is 0 Å². The standard InChI is InChI=1S/C23H27NOS/c1-16-7-10-21(17(2)15-16)26-22-6-4-3-5-20(22)18-11-13-24(14-12-18)23(25)19-8-9-19/h3-7,10,15,18-19H,8-9,11-14H2,1-2H3. The Morgan fingerprint density at radius 1 is 0.962 bits per heavy atom. The van der Waals surface area contributed by atoms with Crippen molar-refractivity contribution >= 4 is 17.7 Å². The zero-order valence-corrected chi connectivity index (χ0v) is 16.5. The molecule has 1 heterocycles. The van der Waals surface area contributed by atoms with Crippen molar-refractivity contribution in [2.75, 3.05) is 13.1 Å². The molecule has 0 spiro atoms. The second-order valence-electron chi connectivity index (χ2n) is 7.78. The van der Waals surface area contributed by atoms with Crippen molar-refractivity contribution in [2.24, 2.45) is 5.92 Å². The maximum atomic E-state index is 12.3. The lowest BCUT2D eigenvalue weighted by molar-refractivity contribution is -0.133. The monoisotopic (exact) mass is 365 g/mol. The molecule has 4 rings (SSSR count). The number of carbonyl (C=O) groups is 1. The molecule has 26 heavy (non-hydrogen) atoms. The van der Waals surface area contributed by atoms with E-state index in [1.807, 2.05) is 11.8 Å². The van der Waals surface area contributed by atoms with Gasteiger partial charge in [-0.05, 0) is 68.7 Å². The molecule has 2 aliphatic rings. The third kappa shape index (κ3) is 3.83. The van der Waals surface area contributed by atoms with Crippen molar-refractivity contribution in [1.29, 1.82) is 0 Å². The highest BCUT2D eigenvalue weighted by Crippen LogP contribution is 2.40. The van der Waals surface area contributed by atoms with Crippen LogP contribution in [0, 0.1) is 19.8 Å². The van der Waals surface area contributed by atoms with Gasteiger partial charge in [0.05, 0.1) is 0 Å². The minimum atomic E-state index is 0.346. The normalized spacial score (nSPS) is 18.2. The van der Waals surface area contributed by atoms with Crippen molar-refractivity contribution in [1.82, 2.24) is 4.90 Å².